The first-order valence-electron chi connectivity index (χ1n) is 39.4. The van der Waals surface area contributed by atoms with Crippen LogP contribution in [0.2, 0.25) is 0 Å². The van der Waals surface area contributed by atoms with E-state index in [1.54, 1.807) is 0 Å². The molecule has 0 rings (SSSR count). The molecule has 4 nitrogen and oxygen atoms in total. The van der Waals surface area contributed by atoms with Gasteiger partial charge >= 0.3 is 19.5 Å². The summed E-state index contributed by atoms with van der Waals surface area (Å²) < 4.78 is 24.7. The number of unbranched alkanes of at least 4 members (excludes halogenated alkanes) is 64. The third kappa shape index (κ3) is 88.4. The summed E-state index contributed by atoms with van der Waals surface area (Å²) in [6, 6.07) is 0. The summed E-state index contributed by atoms with van der Waals surface area (Å²) in [5.41, 5.74) is 0. The van der Waals surface area contributed by atoms with Crippen molar-refractivity contribution in [3.8, 4) is 0 Å². The Labute approximate surface area is 578 Å². The maximum Gasteiger partial charge on any atom is 2.00 e. The Kier molecular flexibility index (Phi) is 88.9. The van der Waals surface area contributed by atoms with E-state index < -0.39 is 11.5 Å². The summed E-state index contributed by atoms with van der Waals surface area (Å²) in [6.45, 7) is 9.16. The average molecular weight is 1390 g/mol. The molecule has 0 fully saturated rings. The fraction of sp³-hybridized carbons (Fsp3) is 1.00. The van der Waals surface area contributed by atoms with Gasteiger partial charge in [-0.1, -0.05) is 439 Å². The van der Waals surface area contributed by atoms with Crippen LogP contribution in [-0.4, -0.2) is 23.0 Å². The third-order valence-corrected chi connectivity index (χ3v) is 30.9. The smallest absolute Gasteiger partial charge is 0.784 e. The van der Waals surface area contributed by atoms with Crippen molar-refractivity contribution in [1.29, 1.82) is 0 Å². The minimum Gasteiger partial charge on any atom is -0.784 e. The van der Waals surface area contributed by atoms with Crippen LogP contribution in [0.15, 0.2) is 0 Å². The predicted molar refractivity (Wildman–Crippen MR) is 402 cm³/mol. The first kappa shape index (κ1) is 93.6. The van der Waals surface area contributed by atoms with Crippen LogP contribution in [0.5, 0.6) is 0 Å². The van der Waals surface area contributed by atoms with Gasteiger partial charge in [0.1, 0.15) is 11.5 Å². The largest absolute Gasteiger partial charge is 2.00 e. The molecule has 0 unspecified atom stereocenters. The first-order valence-corrected chi connectivity index (χ1v) is 49.1. The van der Waals surface area contributed by atoms with Gasteiger partial charge in [0.25, 0.3) is 0 Å². The molecular weight excluding hydrogens is 1230 g/mol. The van der Waals surface area contributed by atoms with E-state index in [1.165, 1.54) is 456 Å². The number of hydrogen-bond donors (Lipinski definition) is 0. The van der Waals surface area contributed by atoms with E-state index >= 15 is 0 Å². The summed E-state index contributed by atoms with van der Waals surface area (Å²) in [7, 11) is 0. The monoisotopic (exact) mass is 1390 g/mol. The van der Waals surface area contributed by atoms with Crippen LogP contribution in [0.3, 0.4) is 0 Å². The molecule has 0 amide bonds. The predicted octanol–water partition coefficient (Wildman–Crippen LogP) is 30.4. The van der Waals surface area contributed by atoms with Gasteiger partial charge in [0.05, 0.1) is 0 Å². The Balaban J connectivity index is -0.00000160. The standard InChI is InChI=1S/2C38H79O2PS2.Zn/c2*1-3-5-7-9-11-13-15-17-19-21-23-25-27-29-31-33-35-37-42-41(39,40)43-38-36-34-32-30-28-26-24-22-20-18-16-14-12-10-8-6-4-2;/h2*3-38H2,1-2H3,(H,39,40);/q;;+2/p-2. The van der Waals surface area contributed by atoms with E-state index in [1.807, 2.05) is 0 Å². The van der Waals surface area contributed by atoms with Gasteiger partial charge in [-0.3, -0.25) is 0 Å². The van der Waals surface area contributed by atoms with Gasteiger partial charge in [-0.2, -0.15) is 0 Å². The van der Waals surface area contributed by atoms with Crippen molar-refractivity contribution in [2.45, 2.75) is 464 Å². The molecule has 87 heavy (non-hydrogen) atoms. The summed E-state index contributed by atoms with van der Waals surface area (Å²) in [4.78, 5) is 24.7. The Bertz CT molecular complexity index is 1140. The Morgan fingerprint density at radius 1 is 0.172 bits per heavy atom. The van der Waals surface area contributed by atoms with E-state index in [0.717, 1.165) is 48.7 Å². The second-order valence-electron chi connectivity index (χ2n) is 26.9. The first-order chi connectivity index (χ1) is 42.2. The van der Waals surface area contributed by atoms with Crippen molar-refractivity contribution in [1.82, 2.24) is 0 Å². The quantitative estimate of drug-likeness (QED) is 0.0339. The molecule has 0 heterocycles. The maximum absolute atomic E-state index is 12.3. The molecule has 0 aliphatic carbocycles. The van der Waals surface area contributed by atoms with Crippen LogP contribution < -0.4 is 9.79 Å². The zero-order chi connectivity index (χ0) is 62.7. The molecule has 520 valence electrons. The molecule has 0 N–H and O–H groups in total. The molecule has 0 aromatic rings. The van der Waals surface area contributed by atoms with Crippen LogP contribution in [0.4, 0.5) is 0 Å². The van der Waals surface area contributed by atoms with E-state index in [-0.39, 0.29) is 19.5 Å². The molecule has 0 radical (unpaired) electrons. The molecule has 0 bridgehead atoms. The molecule has 0 aliphatic heterocycles. The molecule has 0 saturated carbocycles. The van der Waals surface area contributed by atoms with E-state index in [0.29, 0.717) is 0 Å². The van der Waals surface area contributed by atoms with Crippen LogP contribution in [0.25, 0.3) is 0 Å². The van der Waals surface area contributed by atoms with Gasteiger partial charge in [-0.15, -0.1) is 45.5 Å². The molecule has 0 aromatic carbocycles. The van der Waals surface area contributed by atoms with E-state index in [4.69, 9.17) is 0 Å². The zero-order valence-electron chi connectivity index (χ0n) is 59.8. The van der Waals surface area contributed by atoms with E-state index in [2.05, 4.69) is 27.7 Å². The molecule has 0 saturated heterocycles. The van der Waals surface area contributed by atoms with Gasteiger partial charge < -0.3 is 18.9 Å². The van der Waals surface area contributed by atoms with Crippen LogP contribution in [0, 0.1) is 0 Å². The van der Waals surface area contributed by atoms with Crippen LogP contribution >= 0.6 is 57.1 Å². The van der Waals surface area contributed by atoms with Crippen molar-refractivity contribution in [2.75, 3.05) is 23.0 Å². The number of hydrogen-bond acceptors (Lipinski definition) is 8. The van der Waals surface area contributed by atoms with E-state index in [9.17, 15) is 18.9 Å². The maximum atomic E-state index is 12.3. The topological polar surface area (TPSA) is 80.3 Å². The molecular formula is C76H156O4P2S4Zn. The summed E-state index contributed by atoms with van der Waals surface area (Å²) in [5.74, 6) is -3.45. The molecule has 0 aromatic heterocycles. The van der Waals surface area contributed by atoms with Gasteiger partial charge in [0, 0.05) is 23.0 Å². The Morgan fingerprint density at radius 3 is 0.345 bits per heavy atom. The second-order valence-corrected chi connectivity index (χ2v) is 41.6. The molecule has 11 heteroatoms. The van der Waals surface area contributed by atoms with Crippen LogP contribution in [0.1, 0.15) is 464 Å². The zero-order valence-corrected chi connectivity index (χ0v) is 67.8. The Morgan fingerprint density at radius 2 is 0.253 bits per heavy atom. The van der Waals surface area contributed by atoms with Gasteiger partial charge in [-0.05, 0) is 25.7 Å². The fourth-order valence-electron chi connectivity index (χ4n) is 12.1. The summed E-state index contributed by atoms with van der Waals surface area (Å²) >= 11 is 4.87. The van der Waals surface area contributed by atoms with Gasteiger partial charge in [0.15, 0.2) is 0 Å². The molecule has 0 aliphatic rings. The minimum atomic E-state index is -3.29. The minimum absolute atomic E-state index is 0. The second kappa shape index (κ2) is 82.6. The van der Waals surface area contributed by atoms with Crippen molar-refractivity contribution >= 4 is 57.1 Å². The van der Waals surface area contributed by atoms with Gasteiger partial charge in [-0.25, -0.2) is 0 Å². The summed E-state index contributed by atoms with van der Waals surface area (Å²) in [5, 5.41) is 0. The summed E-state index contributed by atoms with van der Waals surface area (Å²) in [6.07, 6.45) is 93.1. The normalized spacial score (nSPS) is 11.8. The number of rotatable bonds is 76. The van der Waals surface area contributed by atoms with Gasteiger partial charge in [0.2, 0.25) is 0 Å². The van der Waals surface area contributed by atoms with Crippen molar-refractivity contribution < 1.29 is 38.4 Å². The van der Waals surface area contributed by atoms with Crippen LogP contribution in [-0.2, 0) is 28.6 Å². The fourth-order valence-corrected chi connectivity index (χ4v) is 23.2. The third-order valence-electron chi connectivity index (χ3n) is 18.0. The van der Waals surface area contributed by atoms with Crippen molar-refractivity contribution in [3.63, 3.8) is 0 Å². The average Bonchev–Trinajstić information content (AvgIpc) is 3.54. The SMILES string of the molecule is CCCCCCCCCCCCCCCCCCCSP(=O)([O-])SCCCCCCCCCCCCCCCCCCC.CCCCCCCCCCCCCCCCCCCSP(=O)([O-])SCCCCCCCCCCCCCCCCCCC.[Zn+2]. The van der Waals surface area contributed by atoms with Crippen molar-refractivity contribution in [2.24, 2.45) is 0 Å². The molecule has 0 atom stereocenters. The Hall–Kier alpha value is 2.40. The molecule has 0 spiro atoms. The van der Waals surface area contributed by atoms with Crippen molar-refractivity contribution in [3.05, 3.63) is 0 Å².